The van der Waals surface area contributed by atoms with E-state index >= 15 is 0 Å². The molecule has 0 aliphatic rings. The summed E-state index contributed by atoms with van der Waals surface area (Å²) in [4.78, 5) is 0. The zero-order valence-corrected chi connectivity index (χ0v) is 81.3. The first-order valence-electron chi connectivity index (χ1n) is 49.1. The van der Waals surface area contributed by atoms with Gasteiger partial charge in [0.1, 0.15) is 0 Å². The minimum absolute atomic E-state index is 1.17. The van der Waals surface area contributed by atoms with Crippen molar-refractivity contribution in [3.8, 4) is 39.6 Å². The Labute approximate surface area is 842 Å². The Hall–Kier alpha value is -17.3. The van der Waals surface area contributed by atoms with Gasteiger partial charge in [-0.1, -0.05) is 249 Å². The summed E-state index contributed by atoms with van der Waals surface area (Å²) in [6, 6.07) is 173. The highest BCUT2D eigenvalue weighted by Crippen LogP contribution is 2.52. The van der Waals surface area contributed by atoms with E-state index in [0.717, 1.165) is 0 Å². The monoisotopic (exact) mass is 1920 g/mol. The highest BCUT2D eigenvalue weighted by molar-refractivity contribution is 7.28. The summed E-state index contributed by atoms with van der Waals surface area (Å²) in [5.41, 5.74) is 20.6. The van der Waals surface area contributed by atoms with Gasteiger partial charge in [-0.3, -0.25) is 0 Å². The van der Waals surface area contributed by atoms with Gasteiger partial charge in [0.05, 0.1) is 55.2 Å². The molecule has 0 aliphatic carbocycles. The van der Waals surface area contributed by atoms with Crippen LogP contribution in [0.2, 0.25) is 0 Å². The maximum absolute atomic E-state index is 2.48. The van der Waals surface area contributed by atoms with Crippen LogP contribution in [0, 0.1) is 0 Å². The van der Waals surface area contributed by atoms with E-state index in [2.05, 4.69) is 490 Å². The van der Waals surface area contributed by atoms with Crippen molar-refractivity contribution in [2.75, 3.05) is 0 Å². The number of rotatable bonds is 6. The lowest BCUT2D eigenvalue weighted by atomic mass is 9.97. The Bertz CT molecular complexity index is 11500. The molecule has 0 spiro atoms. The van der Waals surface area contributed by atoms with Gasteiger partial charge < -0.3 is 22.8 Å². The second-order valence-corrected chi connectivity index (χ2v) is 43.7. The van der Waals surface area contributed by atoms with Crippen LogP contribution < -0.4 is 0 Å². The van der Waals surface area contributed by atoms with E-state index in [1.54, 1.807) is 0 Å². The topological polar surface area (TPSA) is 24.6 Å². The lowest BCUT2D eigenvalue weighted by Gasteiger charge is -2.11. The average molecular weight is 1920 g/mol. The Morgan fingerprint density at radius 2 is 0.375 bits per heavy atom. The molecule has 0 amide bonds. The SMILES string of the molecule is c1ccc(-n2c3ccc(-n4c5ccccc5c5cc6c(ccc7sc8ccccc8c76)cc54)cc3c3cc4c(ccc5sc6ccccc6c54)cc32)cc1.c1ccc(-n2c3ccccc3c3cc4c(ccc5c6ccccc6sc45)cc32)cc1.c1ccc(-n2c3ccccc3c3cc4c(ccc5sc6ccc(-c7ccc8c(c7)c7cc9c(ccc%10sc%11ccccc%11c%109)cc7n8-c7ccccc7)cc6c54)cc32)cc1. The first-order valence-corrected chi connectivity index (χ1v) is 53.2. The molecule has 144 heavy (non-hydrogen) atoms. The molecular formula is C134H77N5S5. The fourth-order valence-corrected chi connectivity index (χ4v) is 30.0. The van der Waals surface area contributed by atoms with Crippen LogP contribution in [0.3, 0.4) is 0 Å². The molecule has 0 saturated carbocycles. The van der Waals surface area contributed by atoms with Crippen LogP contribution in [0.5, 0.6) is 0 Å². The summed E-state index contributed by atoms with van der Waals surface area (Å²) >= 11 is 9.45. The number of para-hydroxylation sites is 7. The third-order valence-corrected chi connectivity index (χ3v) is 36.4. The van der Waals surface area contributed by atoms with E-state index < -0.39 is 0 Å². The van der Waals surface area contributed by atoms with Gasteiger partial charge in [-0.25, -0.2) is 0 Å². The minimum atomic E-state index is 1.17. The predicted molar refractivity (Wildman–Crippen MR) is 628 cm³/mol. The molecule has 0 N–H and O–H groups in total. The zero-order chi connectivity index (χ0) is 93.8. The molecule has 0 radical (unpaired) electrons. The van der Waals surface area contributed by atoms with Crippen LogP contribution in [0.1, 0.15) is 0 Å². The quantitative estimate of drug-likeness (QED) is 0.159. The Morgan fingerprint density at radius 1 is 0.118 bits per heavy atom. The van der Waals surface area contributed by atoms with Crippen molar-refractivity contribution < 1.29 is 0 Å². The number of fused-ring (bicyclic) bond motifs is 40. The second kappa shape index (κ2) is 31.1. The molecule has 0 fully saturated rings. The molecule has 668 valence electrons. The molecule has 34 rings (SSSR count). The largest absolute Gasteiger partial charge is 0.309 e. The van der Waals surface area contributed by atoms with Crippen LogP contribution >= 0.6 is 56.7 Å². The maximum atomic E-state index is 2.48. The van der Waals surface area contributed by atoms with Gasteiger partial charge in [-0.2, -0.15) is 0 Å². The standard InChI is InChI=1S/C56H32N2S2.C50H28N2S2.C28H17NS/c1-3-11-37(12-4-1)57-47-17-9-7-15-39(47)44-31-42-36(29-49(44)57)22-26-54-56(42)46-28-34(20-24-52(46)60-54)33-19-23-48-43(27-33)45-32-41-35(30-50(45)58(48)38-13-5-2-6-14-38)21-25-53-55(41)40-16-8-10-18-51(40)59-53;1-2-10-31(11-3-1)51-42-21-20-32(26-38(42)40-28-37-30(25-44(40)51)19-23-48-50(37)35-14-6-9-17-46(35)54-48)52-41-15-7-4-12-33(41)39-27-36-29(24-43(39)52)18-22-47-49(36)34-13-5-8-16-45(34)53-47;1-2-8-19(9-3-1)29-25-12-6-4-10-20(25)24-17-23-18(16-26(24)29)14-15-22-21-11-5-7-13-27(21)30-28(22)23/h1-32H;1-28H;1-17H. The number of benzene rings is 24. The first-order chi connectivity index (χ1) is 71.4. The Kier molecular flexibility index (Phi) is 17.4. The van der Waals surface area contributed by atoms with E-state index in [0.29, 0.717) is 0 Å². The van der Waals surface area contributed by atoms with E-state index in [1.807, 2.05) is 56.7 Å². The molecule has 10 aromatic heterocycles. The average Bonchev–Trinajstić information content (AvgIpc) is 1.57. The van der Waals surface area contributed by atoms with E-state index in [-0.39, 0.29) is 0 Å². The second-order valence-electron chi connectivity index (χ2n) is 38.4. The lowest BCUT2D eigenvalue weighted by molar-refractivity contribution is 1.17. The third-order valence-electron chi connectivity index (χ3n) is 30.7. The number of thiophene rings is 5. The van der Waals surface area contributed by atoms with Crippen molar-refractivity contribution in [2.45, 2.75) is 0 Å². The first kappa shape index (κ1) is 80.5. The summed E-state index contributed by atoms with van der Waals surface area (Å²) in [5, 5.41) is 39.2. The highest BCUT2D eigenvalue weighted by Gasteiger charge is 2.26. The number of hydrogen-bond acceptors (Lipinski definition) is 5. The van der Waals surface area contributed by atoms with Crippen molar-refractivity contribution in [1.29, 1.82) is 0 Å². The summed E-state index contributed by atoms with van der Waals surface area (Å²) in [7, 11) is 0. The van der Waals surface area contributed by atoms with E-state index in [9.17, 15) is 0 Å². The minimum Gasteiger partial charge on any atom is -0.309 e. The van der Waals surface area contributed by atoms with Crippen molar-refractivity contribution >= 4 is 320 Å². The molecule has 34 aromatic rings. The maximum Gasteiger partial charge on any atom is 0.0547 e. The van der Waals surface area contributed by atoms with Crippen LogP contribution in [0.15, 0.2) is 467 Å². The smallest absolute Gasteiger partial charge is 0.0547 e. The number of nitrogens with zero attached hydrogens (tertiary/aromatic N) is 5. The lowest BCUT2D eigenvalue weighted by Crippen LogP contribution is -1.95. The van der Waals surface area contributed by atoms with E-state index in [4.69, 9.17) is 0 Å². The molecule has 10 heteroatoms. The van der Waals surface area contributed by atoms with Crippen molar-refractivity contribution in [1.82, 2.24) is 22.8 Å². The van der Waals surface area contributed by atoms with Gasteiger partial charge >= 0.3 is 0 Å². The third kappa shape index (κ3) is 11.9. The molecule has 0 unspecified atom stereocenters. The molecule has 0 bridgehead atoms. The fraction of sp³-hybridized carbons (Fsp3) is 0. The Morgan fingerprint density at radius 3 is 0.771 bits per heavy atom. The predicted octanol–water partition coefficient (Wildman–Crippen LogP) is 39.8. The van der Waals surface area contributed by atoms with Crippen molar-refractivity contribution in [3.05, 3.63) is 467 Å². The molecule has 0 aliphatic heterocycles. The fourth-order valence-electron chi connectivity index (χ4n) is 24.4. The number of hydrogen-bond donors (Lipinski definition) is 0. The van der Waals surface area contributed by atoms with Crippen molar-refractivity contribution in [3.63, 3.8) is 0 Å². The Balaban J connectivity index is 0.000000102. The summed E-state index contributed by atoms with van der Waals surface area (Å²) < 4.78 is 25.6. The van der Waals surface area contributed by atoms with Gasteiger partial charge in [0.2, 0.25) is 0 Å². The van der Waals surface area contributed by atoms with Gasteiger partial charge in [-0.05, 0) is 278 Å². The molecule has 0 atom stereocenters. The summed E-state index contributed by atoms with van der Waals surface area (Å²) in [6.45, 7) is 0. The van der Waals surface area contributed by atoms with Gasteiger partial charge in [0.15, 0.2) is 0 Å². The molecule has 5 nitrogen and oxygen atoms in total. The van der Waals surface area contributed by atoms with Crippen LogP contribution in [0.25, 0.3) is 303 Å². The molecule has 10 heterocycles. The number of aromatic nitrogens is 5. The van der Waals surface area contributed by atoms with Gasteiger partial charge in [0.25, 0.3) is 0 Å². The van der Waals surface area contributed by atoms with Crippen LogP contribution in [-0.2, 0) is 0 Å². The van der Waals surface area contributed by atoms with Crippen LogP contribution in [-0.4, -0.2) is 22.8 Å². The summed E-state index contributed by atoms with van der Waals surface area (Å²) in [6.07, 6.45) is 0. The molecular weight excluding hydrogens is 1840 g/mol. The zero-order valence-electron chi connectivity index (χ0n) is 77.2. The van der Waals surface area contributed by atoms with E-state index in [1.165, 1.54) is 303 Å². The molecule has 24 aromatic carbocycles. The van der Waals surface area contributed by atoms with Crippen LogP contribution in [0.4, 0.5) is 0 Å². The van der Waals surface area contributed by atoms with Gasteiger partial charge in [0, 0.05) is 189 Å². The summed E-state index contributed by atoms with van der Waals surface area (Å²) in [5.74, 6) is 0. The van der Waals surface area contributed by atoms with Crippen molar-refractivity contribution in [2.24, 2.45) is 0 Å². The molecule has 0 saturated heterocycles. The van der Waals surface area contributed by atoms with Gasteiger partial charge in [-0.15, -0.1) is 56.7 Å². The highest BCUT2D eigenvalue weighted by atomic mass is 32.1. The normalized spacial score (nSPS) is 12.3.